The Morgan fingerprint density at radius 2 is 1.52 bits per heavy atom. The molecule has 0 bridgehead atoms. The number of likely N-dealkylation sites (N-methyl/N-ethyl adjacent to an activating group) is 3. The van der Waals surface area contributed by atoms with Gasteiger partial charge in [0.1, 0.15) is 42.1 Å². The second-order valence-corrected chi connectivity index (χ2v) is 17.3. The molecule has 9 atom stereocenters. The number of fused-ring (bicyclic) bond motifs is 1. The van der Waals surface area contributed by atoms with Crippen molar-refractivity contribution in [3.05, 3.63) is 59.9 Å². The summed E-state index contributed by atoms with van der Waals surface area (Å²) in [5, 5.41) is 29.1. The van der Waals surface area contributed by atoms with Gasteiger partial charge in [0.25, 0.3) is 5.91 Å². The Bertz CT molecular complexity index is 2020. The molecule has 0 radical (unpaired) electrons. The number of hydrogen-bond acceptors (Lipinski definition) is 12. The normalized spacial score (nSPS) is 27.0. The maximum absolute atomic E-state index is 14.5. The van der Waals surface area contributed by atoms with Gasteiger partial charge in [0.05, 0.1) is 12.6 Å². The van der Waals surface area contributed by atoms with Crippen LogP contribution in [0.3, 0.4) is 0 Å². The number of nitrogens with one attached hydrogen (secondary N) is 3. The number of aromatic hydroxyl groups is 1. The number of hydrogen-bond donors (Lipinski definition) is 5. The third-order valence-corrected chi connectivity index (χ3v) is 11.7. The van der Waals surface area contributed by atoms with Crippen LogP contribution in [0.5, 0.6) is 5.75 Å². The van der Waals surface area contributed by atoms with E-state index in [1.54, 1.807) is 51.1 Å². The first-order chi connectivity index (χ1) is 29.5. The molecule has 0 saturated carbocycles. The molecule has 2 saturated heterocycles. The van der Waals surface area contributed by atoms with Gasteiger partial charge in [-0.2, -0.15) is 0 Å². The molecular weight excluding hydrogens is 817 g/mol. The number of aromatic nitrogens is 1. The van der Waals surface area contributed by atoms with E-state index >= 15 is 0 Å². The van der Waals surface area contributed by atoms with Crippen LogP contribution in [0, 0.1) is 17.8 Å². The first-order valence-corrected chi connectivity index (χ1v) is 21.1. The summed E-state index contributed by atoms with van der Waals surface area (Å²) in [5.74, 6) is -7.75. The van der Waals surface area contributed by atoms with Crippen molar-refractivity contribution in [2.45, 2.75) is 110 Å². The van der Waals surface area contributed by atoms with Gasteiger partial charge >= 0.3 is 5.97 Å². The third kappa shape index (κ3) is 11.9. The van der Waals surface area contributed by atoms with Crippen molar-refractivity contribution in [3.8, 4) is 5.75 Å². The molecule has 19 nitrogen and oxygen atoms in total. The van der Waals surface area contributed by atoms with E-state index in [1.807, 2.05) is 13.8 Å². The number of benzene rings is 1. The standard InChI is InChI=1S/C44H62N8O11/c1-23(2)19-30-42(60)52-21-29(53)20-31(52)43(61)49(8)22-33(55)50(9)36(25(5)24(3)4)40(58)46-26(6)41(59)51(10)37(28-15-12-11-13-16-28)44(62)63-27(7)34(38(56)47-30)48-39(57)35-32(54)17-14-18-45-35/h11-18,23-27,29-31,34,36-37,53-54H,19-22H2,1-10H3,(H,46,58)(H,47,56)(H,48,57)/t25-,26-,27+,29+,30+,31+,34?,36?,37?/m0/s1. The van der Waals surface area contributed by atoms with Gasteiger partial charge in [-0.1, -0.05) is 65.0 Å². The Morgan fingerprint density at radius 1 is 0.873 bits per heavy atom. The van der Waals surface area contributed by atoms with Crippen molar-refractivity contribution < 1.29 is 53.3 Å². The Hall–Kier alpha value is -6.11. The molecule has 2 fully saturated rings. The van der Waals surface area contributed by atoms with E-state index in [-0.39, 0.29) is 31.2 Å². The Labute approximate surface area is 367 Å². The highest BCUT2D eigenvalue weighted by molar-refractivity contribution is 6.00. The Balaban J connectivity index is 1.86. The molecule has 0 spiro atoms. The monoisotopic (exact) mass is 878 g/mol. The summed E-state index contributed by atoms with van der Waals surface area (Å²) < 4.78 is 5.91. The highest BCUT2D eigenvalue weighted by atomic mass is 16.5. The quantitative estimate of drug-likeness (QED) is 0.240. The predicted molar refractivity (Wildman–Crippen MR) is 228 cm³/mol. The number of carbonyl (C=O) groups excluding carboxylic acids is 8. The van der Waals surface area contributed by atoms with Gasteiger partial charge in [-0.15, -0.1) is 0 Å². The predicted octanol–water partition coefficient (Wildman–Crippen LogP) is 0.606. The van der Waals surface area contributed by atoms with E-state index < -0.39 is 120 Å². The van der Waals surface area contributed by atoms with Crippen molar-refractivity contribution in [1.82, 2.24) is 40.5 Å². The summed E-state index contributed by atoms with van der Waals surface area (Å²) >= 11 is 0. The van der Waals surface area contributed by atoms with Crippen LogP contribution in [0.25, 0.3) is 0 Å². The van der Waals surface area contributed by atoms with Crippen molar-refractivity contribution in [2.24, 2.45) is 17.8 Å². The fourth-order valence-corrected chi connectivity index (χ4v) is 7.82. The van der Waals surface area contributed by atoms with Gasteiger partial charge < -0.3 is 50.5 Å². The summed E-state index contributed by atoms with van der Waals surface area (Å²) in [6.45, 7) is 11.1. The molecule has 19 heteroatoms. The zero-order valence-electron chi connectivity index (χ0n) is 37.6. The lowest BCUT2D eigenvalue weighted by atomic mass is 9.88. The fourth-order valence-electron chi connectivity index (χ4n) is 7.82. The second-order valence-electron chi connectivity index (χ2n) is 17.3. The number of ether oxygens (including phenoxy) is 1. The summed E-state index contributed by atoms with van der Waals surface area (Å²) in [6, 6.07) is 2.60. The Kier molecular flexibility index (Phi) is 16.8. The number of nitrogens with zero attached hydrogens (tertiary/aromatic N) is 5. The number of aliphatic hydroxyl groups is 1. The lowest BCUT2D eigenvalue weighted by Gasteiger charge is -2.37. The van der Waals surface area contributed by atoms with Gasteiger partial charge in [-0.3, -0.25) is 33.6 Å². The molecule has 344 valence electrons. The largest absolute Gasteiger partial charge is 0.505 e. The highest BCUT2D eigenvalue weighted by Gasteiger charge is 2.45. The summed E-state index contributed by atoms with van der Waals surface area (Å²) in [5.41, 5.74) is -0.145. The molecular formula is C44H62N8O11. The van der Waals surface area contributed by atoms with Crippen LogP contribution in [-0.4, -0.2) is 159 Å². The maximum atomic E-state index is 14.5. The molecule has 3 unspecified atom stereocenters. The van der Waals surface area contributed by atoms with Gasteiger partial charge in [-0.25, -0.2) is 9.78 Å². The summed E-state index contributed by atoms with van der Waals surface area (Å²) in [6.07, 6.45) is -1.52. The minimum absolute atomic E-state index is 0.0335. The molecule has 4 rings (SSSR count). The number of pyridine rings is 1. The van der Waals surface area contributed by atoms with E-state index in [9.17, 15) is 48.6 Å². The maximum Gasteiger partial charge on any atom is 0.333 e. The molecule has 7 amide bonds. The first-order valence-electron chi connectivity index (χ1n) is 21.1. The van der Waals surface area contributed by atoms with Crippen LogP contribution in [-0.2, 0) is 38.3 Å². The van der Waals surface area contributed by atoms with Crippen molar-refractivity contribution >= 4 is 47.3 Å². The number of carbonyl (C=O) groups is 8. The Morgan fingerprint density at radius 3 is 2.13 bits per heavy atom. The number of esters is 1. The zero-order chi connectivity index (χ0) is 47.0. The van der Waals surface area contributed by atoms with Gasteiger partial charge in [0, 0.05) is 40.3 Å². The molecule has 2 aliphatic rings. The first kappa shape index (κ1) is 49.5. The molecule has 5 N–H and O–H groups in total. The molecule has 1 aromatic carbocycles. The van der Waals surface area contributed by atoms with Crippen molar-refractivity contribution in [2.75, 3.05) is 34.2 Å². The average molecular weight is 879 g/mol. The molecule has 2 aliphatic heterocycles. The van der Waals surface area contributed by atoms with Crippen molar-refractivity contribution in [3.63, 3.8) is 0 Å². The van der Waals surface area contributed by atoms with Gasteiger partial charge in [0.2, 0.25) is 35.4 Å². The van der Waals surface area contributed by atoms with E-state index in [0.717, 1.165) is 14.7 Å². The molecule has 2 aromatic rings. The number of amides is 7. The fraction of sp³-hybridized carbons (Fsp3) is 0.568. The van der Waals surface area contributed by atoms with Crippen LogP contribution >= 0.6 is 0 Å². The number of cyclic esters (lactones) is 1. The van der Waals surface area contributed by atoms with Crippen LogP contribution in [0.4, 0.5) is 0 Å². The minimum atomic E-state index is -1.74. The van der Waals surface area contributed by atoms with Crippen LogP contribution in [0.2, 0.25) is 0 Å². The van der Waals surface area contributed by atoms with Gasteiger partial charge in [0.15, 0.2) is 11.7 Å². The average Bonchev–Trinajstić information content (AvgIpc) is 3.62. The molecule has 1 aromatic heterocycles. The topological polar surface area (TPSA) is 248 Å². The van der Waals surface area contributed by atoms with E-state index in [0.29, 0.717) is 5.56 Å². The lowest BCUT2D eigenvalue weighted by Crippen LogP contribution is -2.60. The SMILES string of the molecule is CC(C)C[C@H]1NC(=O)C(NC(=O)c2ncccc2O)[C@@H](C)OC(=O)C(c2ccccc2)N(C)C(=O)[C@H](C)NC(=O)C([C@@H](C)C(C)C)N(C)C(=O)CN(C)C(=O)[C@H]2C[C@@H](O)CN2C1=O. The smallest absolute Gasteiger partial charge is 0.333 e. The van der Waals surface area contributed by atoms with E-state index in [2.05, 4.69) is 20.9 Å². The number of rotatable bonds is 7. The second kappa shape index (κ2) is 21.3. The highest BCUT2D eigenvalue weighted by Crippen LogP contribution is 2.26. The van der Waals surface area contributed by atoms with E-state index in [4.69, 9.17) is 4.74 Å². The molecule has 3 heterocycles. The summed E-state index contributed by atoms with van der Waals surface area (Å²) in [4.78, 5) is 122. The molecule has 63 heavy (non-hydrogen) atoms. The van der Waals surface area contributed by atoms with Crippen LogP contribution < -0.4 is 16.0 Å². The molecule has 0 aliphatic carbocycles. The zero-order valence-corrected chi connectivity index (χ0v) is 37.6. The van der Waals surface area contributed by atoms with Gasteiger partial charge in [-0.05, 0) is 55.7 Å². The van der Waals surface area contributed by atoms with Crippen LogP contribution in [0.1, 0.15) is 83.4 Å². The summed E-state index contributed by atoms with van der Waals surface area (Å²) in [7, 11) is 4.13. The van der Waals surface area contributed by atoms with Crippen LogP contribution in [0.15, 0.2) is 48.7 Å². The number of aliphatic hydroxyl groups excluding tert-OH is 1. The minimum Gasteiger partial charge on any atom is -0.505 e. The lowest BCUT2D eigenvalue weighted by molar-refractivity contribution is -0.161. The van der Waals surface area contributed by atoms with E-state index in [1.165, 1.54) is 58.2 Å². The third-order valence-electron chi connectivity index (χ3n) is 11.7. The van der Waals surface area contributed by atoms with Crippen molar-refractivity contribution in [1.29, 1.82) is 0 Å².